The van der Waals surface area contributed by atoms with E-state index in [9.17, 15) is 9.59 Å². The Morgan fingerprint density at radius 2 is 1.91 bits per heavy atom. The van der Waals surface area contributed by atoms with Crippen molar-refractivity contribution in [1.29, 1.82) is 0 Å². The fourth-order valence-corrected chi connectivity index (χ4v) is 2.85. The summed E-state index contributed by atoms with van der Waals surface area (Å²) in [5.74, 6) is 0.566. The van der Waals surface area contributed by atoms with Crippen molar-refractivity contribution in [3.63, 3.8) is 0 Å². The first-order valence-corrected chi connectivity index (χ1v) is 7.73. The summed E-state index contributed by atoms with van der Waals surface area (Å²) in [4.78, 5) is 24.5. The molecule has 1 heterocycles. The molecule has 0 spiro atoms. The van der Waals surface area contributed by atoms with Crippen LogP contribution in [0.5, 0.6) is 5.75 Å². The van der Waals surface area contributed by atoms with Gasteiger partial charge in [0.1, 0.15) is 5.75 Å². The molecule has 0 radical (unpaired) electrons. The number of likely N-dealkylation sites (tertiary alicyclic amines) is 1. The van der Waals surface area contributed by atoms with Crippen LogP contribution in [0.15, 0.2) is 24.3 Å². The van der Waals surface area contributed by atoms with Crippen molar-refractivity contribution in [2.75, 3.05) is 20.2 Å². The maximum absolute atomic E-state index is 12.1. The molecule has 1 aliphatic heterocycles. The first-order chi connectivity index (χ1) is 10.6. The quantitative estimate of drug-likeness (QED) is 0.786. The predicted molar refractivity (Wildman–Crippen MR) is 83.0 cm³/mol. The molecule has 1 atom stereocenters. The third-order valence-corrected chi connectivity index (χ3v) is 4.16. The van der Waals surface area contributed by atoms with Crippen LogP contribution in [0.4, 0.5) is 0 Å². The van der Waals surface area contributed by atoms with Gasteiger partial charge in [-0.2, -0.15) is 0 Å². The first kappa shape index (κ1) is 16.3. The number of nitrogens with zero attached hydrogens (tertiary/aromatic N) is 1. The Labute approximate surface area is 130 Å². The van der Waals surface area contributed by atoms with Crippen molar-refractivity contribution in [2.45, 2.75) is 38.0 Å². The van der Waals surface area contributed by atoms with Crippen LogP contribution in [0, 0.1) is 0 Å². The number of unbranched alkanes of at least 4 members (excludes halogenated alkanes) is 1. The fraction of sp³-hybridized carbons (Fsp3) is 0.529. The smallest absolute Gasteiger partial charge is 0.303 e. The predicted octanol–water partition coefficient (Wildman–Crippen LogP) is 2.66. The number of amides is 1. The Kier molecular flexibility index (Phi) is 5.81. The minimum atomic E-state index is -0.798. The second-order valence-corrected chi connectivity index (χ2v) is 5.70. The lowest BCUT2D eigenvalue weighted by Gasteiger charge is -2.16. The molecule has 5 heteroatoms. The Bertz CT molecular complexity index is 512. The molecule has 0 saturated carbocycles. The molecule has 1 saturated heterocycles. The van der Waals surface area contributed by atoms with Gasteiger partial charge in [-0.15, -0.1) is 0 Å². The normalized spacial score (nSPS) is 17.5. The van der Waals surface area contributed by atoms with E-state index in [4.69, 9.17) is 9.84 Å². The van der Waals surface area contributed by atoms with Crippen molar-refractivity contribution in [2.24, 2.45) is 0 Å². The van der Waals surface area contributed by atoms with Gasteiger partial charge in [0, 0.05) is 31.8 Å². The number of carboxylic acids is 1. The lowest BCUT2D eigenvalue weighted by Crippen LogP contribution is -2.28. The average Bonchev–Trinajstić information content (AvgIpc) is 3.01. The SMILES string of the molecule is COc1ccc(C2CCN(C(=O)CCCCC(=O)O)C2)cc1. The molecular formula is C17H23NO4. The second kappa shape index (κ2) is 7.82. The molecule has 1 unspecified atom stereocenters. The van der Waals surface area contributed by atoms with E-state index in [1.807, 2.05) is 17.0 Å². The van der Waals surface area contributed by atoms with E-state index in [0.717, 1.165) is 25.3 Å². The third kappa shape index (κ3) is 4.48. The van der Waals surface area contributed by atoms with Crippen LogP contribution < -0.4 is 4.74 Å². The highest BCUT2D eigenvalue weighted by Crippen LogP contribution is 2.28. The molecule has 1 fully saturated rings. The zero-order valence-corrected chi connectivity index (χ0v) is 13.0. The topological polar surface area (TPSA) is 66.8 Å². The number of aliphatic carboxylic acids is 1. The molecule has 5 nitrogen and oxygen atoms in total. The van der Waals surface area contributed by atoms with Crippen molar-refractivity contribution < 1.29 is 19.4 Å². The van der Waals surface area contributed by atoms with Gasteiger partial charge in [0.25, 0.3) is 0 Å². The van der Waals surface area contributed by atoms with Crippen LogP contribution in [0.1, 0.15) is 43.6 Å². The van der Waals surface area contributed by atoms with Crippen LogP contribution in [-0.2, 0) is 9.59 Å². The van der Waals surface area contributed by atoms with Gasteiger partial charge in [-0.3, -0.25) is 9.59 Å². The van der Waals surface area contributed by atoms with Gasteiger partial charge < -0.3 is 14.7 Å². The molecule has 2 rings (SSSR count). The Balaban J connectivity index is 1.78. The number of carbonyl (C=O) groups excluding carboxylic acids is 1. The van der Waals surface area contributed by atoms with E-state index in [2.05, 4.69) is 12.1 Å². The summed E-state index contributed by atoms with van der Waals surface area (Å²) in [6.07, 6.45) is 2.78. The van der Waals surface area contributed by atoms with Crippen molar-refractivity contribution >= 4 is 11.9 Å². The second-order valence-electron chi connectivity index (χ2n) is 5.70. The molecule has 0 bridgehead atoms. The number of benzene rings is 1. The Hall–Kier alpha value is -2.04. The number of carbonyl (C=O) groups is 2. The minimum absolute atomic E-state index is 0.140. The van der Waals surface area contributed by atoms with E-state index < -0.39 is 5.97 Å². The highest BCUT2D eigenvalue weighted by molar-refractivity contribution is 5.76. The number of hydrogen-bond donors (Lipinski definition) is 1. The molecule has 1 aromatic carbocycles. The summed E-state index contributed by atoms with van der Waals surface area (Å²) in [7, 11) is 1.65. The summed E-state index contributed by atoms with van der Waals surface area (Å²) < 4.78 is 5.16. The summed E-state index contributed by atoms with van der Waals surface area (Å²) in [6, 6.07) is 8.02. The van der Waals surface area contributed by atoms with E-state index in [-0.39, 0.29) is 12.3 Å². The van der Waals surface area contributed by atoms with Crippen LogP contribution in [0.2, 0.25) is 0 Å². The van der Waals surface area contributed by atoms with Gasteiger partial charge in [-0.1, -0.05) is 12.1 Å². The van der Waals surface area contributed by atoms with Crippen molar-refractivity contribution in [3.05, 3.63) is 29.8 Å². The van der Waals surface area contributed by atoms with E-state index in [0.29, 0.717) is 25.2 Å². The molecule has 1 aliphatic rings. The largest absolute Gasteiger partial charge is 0.497 e. The van der Waals surface area contributed by atoms with Gasteiger partial charge in [-0.25, -0.2) is 0 Å². The fourth-order valence-electron chi connectivity index (χ4n) is 2.85. The zero-order valence-electron chi connectivity index (χ0n) is 13.0. The van der Waals surface area contributed by atoms with Crippen molar-refractivity contribution in [3.8, 4) is 5.75 Å². The molecule has 1 aromatic rings. The van der Waals surface area contributed by atoms with Crippen LogP contribution in [-0.4, -0.2) is 42.1 Å². The molecule has 1 amide bonds. The highest BCUT2D eigenvalue weighted by atomic mass is 16.5. The maximum Gasteiger partial charge on any atom is 0.303 e. The lowest BCUT2D eigenvalue weighted by molar-refractivity contribution is -0.137. The molecule has 1 N–H and O–H groups in total. The summed E-state index contributed by atoms with van der Waals surface area (Å²) in [5, 5.41) is 8.58. The third-order valence-electron chi connectivity index (χ3n) is 4.16. The van der Waals surface area contributed by atoms with Crippen LogP contribution >= 0.6 is 0 Å². The summed E-state index contributed by atoms with van der Waals surface area (Å²) >= 11 is 0. The Morgan fingerprint density at radius 3 is 2.55 bits per heavy atom. The molecule has 0 aromatic heterocycles. The summed E-state index contributed by atoms with van der Waals surface area (Å²) in [6.45, 7) is 1.54. The van der Waals surface area contributed by atoms with Gasteiger partial charge in [0.15, 0.2) is 0 Å². The first-order valence-electron chi connectivity index (χ1n) is 7.73. The molecule has 120 valence electrons. The lowest BCUT2D eigenvalue weighted by atomic mass is 9.98. The van der Waals surface area contributed by atoms with E-state index >= 15 is 0 Å². The standard InChI is InChI=1S/C17H23NO4/c1-22-15-8-6-13(7-9-15)14-10-11-18(12-14)16(19)4-2-3-5-17(20)21/h6-9,14H,2-5,10-12H2,1H3,(H,20,21). The molecular weight excluding hydrogens is 282 g/mol. The van der Waals surface area contributed by atoms with Crippen molar-refractivity contribution in [1.82, 2.24) is 4.90 Å². The Morgan fingerprint density at radius 1 is 1.23 bits per heavy atom. The highest BCUT2D eigenvalue weighted by Gasteiger charge is 2.26. The van der Waals surface area contributed by atoms with Gasteiger partial charge in [0.05, 0.1) is 7.11 Å². The zero-order chi connectivity index (χ0) is 15.9. The molecule has 22 heavy (non-hydrogen) atoms. The van der Waals surface area contributed by atoms with Crippen LogP contribution in [0.25, 0.3) is 0 Å². The van der Waals surface area contributed by atoms with E-state index in [1.54, 1.807) is 7.11 Å². The number of methoxy groups -OCH3 is 1. The minimum Gasteiger partial charge on any atom is -0.497 e. The maximum atomic E-state index is 12.1. The monoisotopic (exact) mass is 305 g/mol. The van der Waals surface area contributed by atoms with Gasteiger partial charge in [-0.05, 0) is 37.0 Å². The molecule has 0 aliphatic carbocycles. The number of ether oxygens (including phenoxy) is 1. The average molecular weight is 305 g/mol. The van der Waals surface area contributed by atoms with Gasteiger partial charge in [0.2, 0.25) is 5.91 Å². The van der Waals surface area contributed by atoms with Crippen LogP contribution in [0.3, 0.4) is 0 Å². The van der Waals surface area contributed by atoms with Gasteiger partial charge >= 0.3 is 5.97 Å². The summed E-state index contributed by atoms with van der Waals surface area (Å²) in [5.41, 5.74) is 1.24. The number of carboxylic acid groups (broad SMARTS) is 1. The number of rotatable bonds is 7. The number of hydrogen-bond acceptors (Lipinski definition) is 3. The van der Waals surface area contributed by atoms with E-state index in [1.165, 1.54) is 5.56 Å².